The highest BCUT2D eigenvalue weighted by molar-refractivity contribution is 9.10. The van der Waals surface area contributed by atoms with Gasteiger partial charge in [-0.25, -0.2) is 9.78 Å². The van der Waals surface area contributed by atoms with Gasteiger partial charge in [-0.1, -0.05) is 33.9 Å². The molecular weight excluding hydrogens is 634 g/mol. The smallest absolute Gasteiger partial charge is 0.444 e. The summed E-state index contributed by atoms with van der Waals surface area (Å²) in [6.45, 7) is 16.0. The van der Waals surface area contributed by atoms with Gasteiger partial charge in [-0.2, -0.15) is 14.6 Å². The van der Waals surface area contributed by atoms with E-state index in [-0.39, 0.29) is 17.3 Å². The first-order valence-corrected chi connectivity index (χ1v) is 14.8. The standard InChI is InChI=1S/C31H41BrN5O7/c1-29(2,3)41-26(38)36(10)18-19-12-14-20(15-13-19)21-16-22(44-35-21)24-25(33-17-23(32)34-24)37(11,27(39)42-30(4,5)6)28(40)43-31(7,8)9/h12-17H,18H2,1-11H3/q+1. The number of benzene rings is 1. The van der Waals surface area contributed by atoms with Crippen molar-refractivity contribution in [3.8, 4) is 22.7 Å². The van der Waals surface area contributed by atoms with Crippen molar-refractivity contribution < 1.29 is 33.1 Å². The molecule has 0 aliphatic carbocycles. The second-order valence-electron chi connectivity index (χ2n) is 13.4. The number of ether oxygens (including phenoxy) is 3. The molecule has 3 aromatic rings. The summed E-state index contributed by atoms with van der Waals surface area (Å²) in [7, 11) is 3.01. The molecule has 238 valence electrons. The quantitative estimate of drug-likeness (QED) is 0.195. The van der Waals surface area contributed by atoms with Crippen molar-refractivity contribution >= 4 is 40.0 Å². The van der Waals surface area contributed by atoms with Crippen LogP contribution in [0.25, 0.3) is 22.7 Å². The van der Waals surface area contributed by atoms with E-state index in [1.54, 1.807) is 54.7 Å². The van der Waals surface area contributed by atoms with Crippen molar-refractivity contribution in [1.82, 2.24) is 24.5 Å². The van der Waals surface area contributed by atoms with Gasteiger partial charge in [-0.05, 0) is 83.8 Å². The summed E-state index contributed by atoms with van der Waals surface area (Å²) in [5.41, 5.74) is -0.229. The number of hydrogen-bond donors (Lipinski definition) is 0. The fraction of sp³-hybridized carbons (Fsp3) is 0.484. The second kappa shape index (κ2) is 12.6. The minimum atomic E-state index is -1.10. The summed E-state index contributed by atoms with van der Waals surface area (Å²) in [6.07, 6.45) is -0.863. The first-order chi connectivity index (χ1) is 20.1. The van der Waals surface area contributed by atoms with Gasteiger partial charge in [-0.3, -0.25) is 0 Å². The molecule has 0 N–H and O–H groups in total. The van der Waals surface area contributed by atoms with E-state index >= 15 is 0 Å². The Morgan fingerprint density at radius 3 is 1.91 bits per heavy atom. The molecule has 1 aromatic carbocycles. The number of rotatable bonds is 5. The van der Waals surface area contributed by atoms with E-state index in [1.165, 1.54) is 18.1 Å². The topological polar surface area (TPSA) is 134 Å². The van der Waals surface area contributed by atoms with Crippen molar-refractivity contribution in [2.24, 2.45) is 0 Å². The average Bonchev–Trinajstić information content (AvgIpc) is 3.36. The Morgan fingerprint density at radius 2 is 1.41 bits per heavy atom. The van der Waals surface area contributed by atoms with Gasteiger partial charge < -0.3 is 23.6 Å². The number of halogens is 1. The highest BCUT2D eigenvalue weighted by Crippen LogP contribution is 2.36. The van der Waals surface area contributed by atoms with Crippen molar-refractivity contribution in [3.63, 3.8) is 0 Å². The molecule has 0 radical (unpaired) electrons. The third-order valence-electron chi connectivity index (χ3n) is 5.78. The van der Waals surface area contributed by atoms with Crippen LogP contribution in [0.1, 0.15) is 67.9 Å². The summed E-state index contributed by atoms with van der Waals surface area (Å²) in [5, 5.41) is 4.20. The lowest BCUT2D eigenvalue weighted by Crippen LogP contribution is -2.59. The molecule has 0 unspecified atom stereocenters. The fourth-order valence-corrected chi connectivity index (χ4v) is 4.07. The Bertz CT molecular complexity index is 1490. The van der Waals surface area contributed by atoms with Crippen LogP contribution >= 0.6 is 15.9 Å². The van der Waals surface area contributed by atoms with Crippen molar-refractivity contribution in [2.45, 2.75) is 85.7 Å². The first kappa shape index (κ1) is 34.6. The Kier molecular flexibility index (Phi) is 9.96. The van der Waals surface area contributed by atoms with Crippen LogP contribution in [0.4, 0.5) is 20.2 Å². The van der Waals surface area contributed by atoms with Crippen LogP contribution in [0.15, 0.2) is 45.7 Å². The van der Waals surface area contributed by atoms with E-state index in [9.17, 15) is 14.4 Å². The van der Waals surface area contributed by atoms with E-state index in [0.29, 0.717) is 16.8 Å². The molecule has 3 amide bonds. The second-order valence-corrected chi connectivity index (χ2v) is 14.3. The van der Waals surface area contributed by atoms with Gasteiger partial charge in [0.15, 0.2) is 11.5 Å². The molecule has 13 heteroatoms. The normalized spacial score (nSPS) is 12.5. The summed E-state index contributed by atoms with van der Waals surface area (Å²) >= 11 is 3.33. The number of hydrogen-bond acceptors (Lipinski definition) is 10. The van der Waals surface area contributed by atoms with Crippen LogP contribution in [0.3, 0.4) is 0 Å². The van der Waals surface area contributed by atoms with Crippen LogP contribution in [0.5, 0.6) is 0 Å². The minimum absolute atomic E-state index is 0.0695. The zero-order valence-electron chi connectivity index (χ0n) is 27.1. The lowest BCUT2D eigenvalue weighted by atomic mass is 10.1. The van der Waals surface area contributed by atoms with Crippen LogP contribution in [-0.2, 0) is 20.8 Å². The van der Waals surface area contributed by atoms with E-state index < -0.39 is 39.6 Å². The molecule has 0 atom stereocenters. The molecule has 0 saturated heterocycles. The summed E-state index contributed by atoms with van der Waals surface area (Å²) in [6, 6.07) is 9.06. The molecule has 0 aliphatic heterocycles. The Labute approximate surface area is 266 Å². The lowest BCUT2D eigenvalue weighted by Gasteiger charge is -2.31. The van der Waals surface area contributed by atoms with Gasteiger partial charge >= 0.3 is 18.3 Å². The van der Waals surface area contributed by atoms with E-state index in [0.717, 1.165) is 11.1 Å². The molecule has 12 nitrogen and oxygen atoms in total. The zero-order valence-corrected chi connectivity index (χ0v) is 28.7. The molecular formula is C31H41BrN5O7+. The number of imide groups is 1. The molecule has 3 rings (SSSR count). The third-order valence-corrected chi connectivity index (χ3v) is 6.16. The van der Waals surface area contributed by atoms with Gasteiger partial charge in [0.05, 0.1) is 13.2 Å². The molecule has 0 spiro atoms. The fourth-order valence-electron chi connectivity index (χ4n) is 3.79. The van der Waals surface area contributed by atoms with Crippen molar-refractivity contribution in [1.29, 1.82) is 0 Å². The Morgan fingerprint density at radius 1 is 0.886 bits per heavy atom. The Hall–Kier alpha value is -3.84. The van der Waals surface area contributed by atoms with Crippen molar-refractivity contribution in [3.05, 3.63) is 46.7 Å². The van der Waals surface area contributed by atoms with Gasteiger partial charge in [-0.15, -0.1) is 0 Å². The predicted molar refractivity (Wildman–Crippen MR) is 169 cm³/mol. The molecule has 2 heterocycles. The van der Waals surface area contributed by atoms with Crippen LogP contribution in [-0.4, -0.2) is 69.2 Å². The first-order valence-electron chi connectivity index (χ1n) is 14.0. The predicted octanol–water partition coefficient (Wildman–Crippen LogP) is 7.74. The lowest BCUT2D eigenvalue weighted by molar-refractivity contribution is 0.00710. The average molecular weight is 676 g/mol. The molecule has 44 heavy (non-hydrogen) atoms. The van der Waals surface area contributed by atoms with Crippen LogP contribution < -0.4 is 4.48 Å². The monoisotopic (exact) mass is 674 g/mol. The molecule has 2 aromatic heterocycles. The molecule has 0 fully saturated rings. The van der Waals surface area contributed by atoms with Gasteiger partial charge in [0.1, 0.15) is 27.1 Å². The van der Waals surface area contributed by atoms with E-state index in [2.05, 4.69) is 31.1 Å². The SMILES string of the molecule is CN(Cc1ccc(-c2cc(-c3nc(Br)cnc3[N+](C)(C(=O)OC(C)(C)C)C(=O)OC(C)(C)C)on2)cc1)C(=O)OC(C)(C)C. The van der Waals surface area contributed by atoms with Crippen LogP contribution in [0.2, 0.25) is 0 Å². The minimum Gasteiger partial charge on any atom is -0.444 e. The maximum Gasteiger partial charge on any atom is 0.533 e. The summed E-state index contributed by atoms with van der Waals surface area (Å²) < 4.78 is 21.6. The number of carbonyl (C=O) groups is 3. The van der Waals surface area contributed by atoms with Gasteiger partial charge in [0.25, 0.3) is 5.82 Å². The van der Waals surface area contributed by atoms with E-state index in [1.807, 2.05) is 45.0 Å². The zero-order chi connectivity index (χ0) is 33.3. The molecule has 0 saturated carbocycles. The summed E-state index contributed by atoms with van der Waals surface area (Å²) in [4.78, 5) is 50.0. The van der Waals surface area contributed by atoms with Crippen molar-refractivity contribution in [2.75, 3.05) is 14.1 Å². The number of carbonyl (C=O) groups excluding carboxylic acids is 3. The van der Waals surface area contributed by atoms with Gasteiger partial charge in [0, 0.05) is 25.2 Å². The van der Waals surface area contributed by atoms with Gasteiger partial charge in [0.2, 0.25) is 0 Å². The summed E-state index contributed by atoms with van der Waals surface area (Å²) in [5.74, 6) is 0.0916. The highest BCUT2D eigenvalue weighted by Gasteiger charge is 2.53. The maximum absolute atomic E-state index is 13.6. The largest absolute Gasteiger partial charge is 0.533 e. The number of aromatic nitrogens is 3. The number of amides is 3. The van der Waals surface area contributed by atoms with E-state index in [4.69, 9.17) is 18.7 Å². The third kappa shape index (κ3) is 8.85. The van der Waals surface area contributed by atoms with Crippen LogP contribution in [0, 0.1) is 0 Å². The maximum atomic E-state index is 13.6. The number of quaternary nitrogens is 1. The highest BCUT2D eigenvalue weighted by atomic mass is 79.9. The molecule has 0 bridgehead atoms. The number of nitrogens with zero attached hydrogens (tertiary/aromatic N) is 5. The molecule has 0 aliphatic rings. The Balaban J connectivity index is 1.99.